The third-order valence-corrected chi connectivity index (χ3v) is 4.55. The molecule has 1 N–H and O–H groups in total. The van der Waals surface area contributed by atoms with E-state index < -0.39 is 11.7 Å². The molecule has 2 heterocycles. The number of hydrogen-bond acceptors (Lipinski definition) is 4. The summed E-state index contributed by atoms with van der Waals surface area (Å²) in [4.78, 5) is 25.1. The Labute approximate surface area is 147 Å². The van der Waals surface area contributed by atoms with Crippen LogP contribution in [0, 0.1) is 5.82 Å². The summed E-state index contributed by atoms with van der Waals surface area (Å²) in [7, 11) is 0. The van der Waals surface area contributed by atoms with Gasteiger partial charge < -0.3 is 5.32 Å². The molecule has 0 saturated carbocycles. The molecule has 1 aromatic carbocycles. The van der Waals surface area contributed by atoms with Crippen molar-refractivity contribution < 1.29 is 9.18 Å². The van der Waals surface area contributed by atoms with Crippen molar-refractivity contribution in [3.63, 3.8) is 0 Å². The summed E-state index contributed by atoms with van der Waals surface area (Å²) in [6, 6.07) is 12.1. The summed E-state index contributed by atoms with van der Waals surface area (Å²) in [5, 5.41) is 9.03. The van der Waals surface area contributed by atoms with Gasteiger partial charge in [0.1, 0.15) is 11.5 Å². The van der Waals surface area contributed by atoms with Crippen LogP contribution in [0.5, 0.6) is 0 Å². The molecule has 7 heteroatoms. The van der Waals surface area contributed by atoms with Crippen molar-refractivity contribution in [3.05, 3.63) is 75.6 Å². The van der Waals surface area contributed by atoms with Crippen LogP contribution in [0.4, 0.5) is 4.39 Å². The van der Waals surface area contributed by atoms with Gasteiger partial charge in [0, 0.05) is 18.2 Å². The van der Waals surface area contributed by atoms with Crippen LogP contribution in [0.2, 0.25) is 0 Å². The maximum Gasteiger partial charge on any atom is 0.267 e. The van der Waals surface area contributed by atoms with Gasteiger partial charge >= 0.3 is 0 Å². The molecule has 1 unspecified atom stereocenters. The number of rotatable bonds is 5. The highest BCUT2D eigenvalue weighted by molar-refractivity contribution is 7.13. The van der Waals surface area contributed by atoms with Crippen LogP contribution in [0.25, 0.3) is 10.6 Å². The van der Waals surface area contributed by atoms with Crippen LogP contribution in [-0.2, 0) is 0 Å². The highest BCUT2D eigenvalue weighted by Crippen LogP contribution is 2.21. The Morgan fingerprint density at radius 1 is 1.28 bits per heavy atom. The second-order valence-electron chi connectivity index (χ2n) is 5.55. The number of carbonyl (C=O) groups is 1. The molecule has 128 valence electrons. The lowest BCUT2D eigenvalue weighted by atomic mass is 10.2. The van der Waals surface area contributed by atoms with E-state index in [1.54, 1.807) is 13.0 Å². The molecule has 1 atom stereocenters. The predicted octanol–water partition coefficient (Wildman–Crippen LogP) is 3.10. The quantitative estimate of drug-likeness (QED) is 0.763. The zero-order chi connectivity index (χ0) is 17.8. The third-order valence-electron chi connectivity index (χ3n) is 3.66. The fraction of sp³-hybridized carbons (Fsp3) is 0.167. The van der Waals surface area contributed by atoms with E-state index in [1.807, 2.05) is 17.5 Å². The van der Waals surface area contributed by atoms with Crippen LogP contribution in [0.15, 0.2) is 58.7 Å². The topological polar surface area (TPSA) is 64.0 Å². The number of aromatic nitrogens is 2. The Morgan fingerprint density at radius 2 is 2.12 bits per heavy atom. The molecule has 0 saturated heterocycles. The van der Waals surface area contributed by atoms with Gasteiger partial charge in [-0.25, -0.2) is 9.07 Å². The van der Waals surface area contributed by atoms with Crippen LogP contribution in [0.3, 0.4) is 0 Å². The zero-order valence-electron chi connectivity index (χ0n) is 13.5. The Hall–Kier alpha value is -2.80. The smallest absolute Gasteiger partial charge is 0.267 e. The molecule has 1 amide bonds. The van der Waals surface area contributed by atoms with Crippen LogP contribution < -0.4 is 10.9 Å². The first-order chi connectivity index (χ1) is 12.0. The van der Waals surface area contributed by atoms with Gasteiger partial charge in [-0.1, -0.05) is 12.1 Å². The molecular formula is C18H16FN3O2S. The fourth-order valence-corrected chi connectivity index (χ4v) is 3.05. The molecule has 0 spiro atoms. The lowest BCUT2D eigenvalue weighted by Gasteiger charge is -2.15. The van der Waals surface area contributed by atoms with Crippen LogP contribution in [0.1, 0.15) is 23.3 Å². The van der Waals surface area contributed by atoms with Crippen molar-refractivity contribution >= 4 is 17.2 Å². The Kier molecular flexibility index (Phi) is 5.04. The number of hydrogen-bond donors (Lipinski definition) is 1. The van der Waals surface area contributed by atoms with Gasteiger partial charge in [0.25, 0.3) is 11.5 Å². The standard InChI is InChI=1S/C18H16FN3O2S/c1-12(11-20-18(24)13-4-2-5-14(19)10-13)22-17(23)8-7-15(21-22)16-6-3-9-25-16/h2-10,12H,11H2,1H3,(H,20,24). The SMILES string of the molecule is CC(CNC(=O)c1cccc(F)c1)n1nc(-c2cccs2)ccc1=O. The van der Waals surface area contributed by atoms with E-state index in [0.29, 0.717) is 5.69 Å². The van der Waals surface area contributed by atoms with E-state index in [0.717, 1.165) is 4.88 Å². The zero-order valence-corrected chi connectivity index (χ0v) is 14.3. The minimum atomic E-state index is -0.470. The molecule has 25 heavy (non-hydrogen) atoms. The second-order valence-corrected chi connectivity index (χ2v) is 6.50. The largest absolute Gasteiger partial charge is 0.350 e. The lowest BCUT2D eigenvalue weighted by molar-refractivity contribution is 0.0947. The van der Waals surface area contributed by atoms with Crippen molar-refractivity contribution in [2.75, 3.05) is 6.54 Å². The number of thiophene rings is 1. The summed E-state index contributed by atoms with van der Waals surface area (Å²) in [6.45, 7) is 1.99. The Morgan fingerprint density at radius 3 is 2.84 bits per heavy atom. The summed E-state index contributed by atoms with van der Waals surface area (Å²) in [5.74, 6) is -0.865. The monoisotopic (exact) mass is 357 g/mol. The molecule has 2 aromatic heterocycles. The van der Waals surface area contributed by atoms with Gasteiger partial charge in [-0.05, 0) is 42.6 Å². The number of carbonyl (C=O) groups excluding carboxylic acids is 1. The Bertz CT molecular complexity index is 937. The number of nitrogens with zero attached hydrogens (tertiary/aromatic N) is 2. The first-order valence-electron chi connectivity index (χ1n) is 7.72. The third kappa shape index (κ3) is 4.00. The summed E-state index contributed by atoms with van der Waals surface area (Å²) < 4.78 is 14.5. The molecule has 0 aliphatic rings. The molecule has 0 aliphatic carbocycles. The summed E-state index contributed by atoms with van der Waals surface area (Å²) in [5.41, 5.74) is 0.700. The van der Waals surface area contributed by atoms with E-state index in [9.17, 15) is 14.0 Å². The molecule has 0 aliphatic heterocycles. The van der Waals surface area contributed by atoms with Crippen LogP contribution >= 0.6 is 11.3 Å². The van der Waals surface area contributed by atoms with Gasteiger partial charge in [0.15, 0.2) is 0 Å². The number of halogens is 1. The number of amides is 1. The van der Waals surface area contributed by atoms with Gasteiger partial charge in [-0.3, -0.25) is 9.59 Å². The molecule has 3 rings (SSSR count). The molecule has 5 nitrogen and oxygen atoms in total. The number of nitrogens with one attached hydrogen (secondary N) is 1. The van der Waals surface area contributed by atoms with E-state index >= 15 is 0 Å². The van der Waals surface area contributed by atoms with Gasteiger partial charge in [0.05, 0.1) is 10.9 Å². The van der Waals surface area contributed by atoms with Crippen molar-refractivity contribution in [1.82, 2.24) is 15.1 Å². The minimum Gasteiger partial charge on any atom is -0.350 e. The van der Waals surface area contributed by atoms with Crippen molar-refractivity contribution in [2.24, 2.45) is 0 Å². The average molecular weight is 357 g/mol. The predicted molar refractivity (Wildman–Crippen MR) is 95.3 cm³/mol. The lowest BCUT2D eigenvalue weighted by Crippen LogP contribution is -2.34. The average Bonchev–Trinajstić information content (AvgIpc) is 3.14. The molecular weight excluding hydrogens is 341 g/mol. The van der Waals surface area contributed by atoms with Gasteiger partial charge in [-0.15, -0.1) is 11.3 Å². The summed E-state index contributed by atoms with van der Waals surface area (Å²) in [6.07, 6.45) is 0. The highest BCUT2D eigenvalue weighted by Gasteiger charge is 2.13. The minimum absolute atomic E-state index is 0.205. The van der Waals surface area contributed by atoms with Crippen LogP contribution in [-0.4, -0.2) is 22.2 Å². The Balaban J connectivity index is 1.73. The summed E-state index contributed by atoms with van der Waals surface area (Å²) >= 11 is 1.54. The first kappa shape index (κ1) is 17.0. The van der Waals surface area contributed by atoms with E-state index in [1.165, 1.54) is 46.4 Å². The second kappa shape index (κ2) is 7.40. The maximum atomic E-state index is 13.2. The first-order valence-corrected chi connectivity index (χ1v) is 8.60. The van der Waals surface area contributed by atoms with E-state index in [-0.39, 0.29) is 23.7 Å². The van der Waals surface area contributed by atoms with Gasteiger partial charge in [0.2, 0.25) is 0 Å². The molecule has 0 radical (unpaired) electrons. The van der Waals surface area contributed by atoms with E-state index in [4.69, 9.17) is 0 Å². The molecule has 3 aromatic rings. The number of benzene rings is 1. The van der Waals surface area contributed by atoms with E-state index in [2.05, 4.69) is 10.4 Å². The maximum absolute atomic E-state index is 13.2. The highest BCUT2D eigenvalue weighted by atomic mass is 32.1. The molecule has 0 bridgehead atoms. The van der Waals surface area contributed by atoms with Gasteiger partial charge in [-0.2, -0.15) is 5.10 Å². The van der Waals surface area contributed by atoms with Crippen molar-refractivity contribution in [3.8, 4) is 10.6 Å². The van der Waals surface area contributed by atoms with Crippen molar-refractivity contribution in [1.29, 1.82) is 0 Å². The molecule has 0 fully saturated rings. The van der Waals surface area contributed by atoms with Crippen molar-refractivity contribution in [2.45, 2.75) is 13.0 Å². The normalized spacial score (nSPS) is 11.9. The fourth-order valence-electron chi connectivity index (χ4n) is 2.36.